The number of carbonyl (C=O) groups is 2. The smallest absolute Gasteiger partial charge is 0.417 e. The second-order valence-electron chi connectivity index (χ2n) is 8.79. The van der Waals surface area contributed by atoms with Crippen LogP contribution in [0.4, 0.5) is 4.79 Å². The van der Waals surface area contributed by atoms with E-state index >= 15 is 0 Å². The van der Waals surface area contributed by atoms with E-state index in [4.69, 9.17) is 4.74 Å². The molecule has 2 amide bonds. The van der Waals surface area contributed by atoms with Crippen LogP contribution in [-0.4, -0.2) is 38.6 Å². The maximum absolute atomic E-state index is 12.9. The Morgan fingerprint density at radius 3 is 2.76 bits per heavy atom. The molecule has 1 fully saturated rings. The van der Waals surface area contributed by atoms with E-state index in [1.807, 2.05) is 12.4 Å². The second kappa shape index (κ2) is 7.17. The van der Waals surface area contributed by atoms with E-state index in [9.17, 15) is 9.59 Å². The molecule has 0 radical (unpaired) electrons. The number of aromatic nitrogens is 2. The fourth-order valence-electron chi connectivity index (χ4n) is 3.93. The number of imidazole rings is 1. The van der Waals surface area contributed by atoms with E-state index in [0.717, 1.165) is 36.3 Å². The molecule has 6 nitrogen and oxygen atoms in total. The van der Waals surface area contributed by atoms with Crippen molar-refractivity contribution < 1.29 is 14.3 Å². The molecule has 2 aliphatic rings. The van der Waals surface area contributed by atoms with Crippen molar-refractivity contribution in [2.24, 2.45) is 0 Å². The van der Waals surface area contributed by atoms with Crippen molar-refractivity contribution in [3.05, 3.63) is 52.6 Å². The highest BCUT2D eigenvalue weighted by atomic mass is 16.6. The lowest BCUT2D eigenvalue weighted by atomic mass is 9.97. The van der Waals surface area contributed by atoms with Gasteiger partial charge in [0.2, 0.25) is 0 Å². The summed E-state index contributed by atoms with van der Waals surface area (Å²) in [5.74, 6) is -0.278. The van der Waals surface area contributed by atoms with Crippen LogP contribution < -0.4 is 0 Å². The van der Waals surface area contributed by atoms with E-state index in [1.54, 1.807) is 20.8 Å². The molecule has 1 aromatic heterocycles. The molecule has 2 aliphatic heterocycles. The van der Waals surface area contributed by atoms with Crippen LogP contribution in [-0.2, 0) is 22.4 Å². The largest absolute Gasteiger partial charge is 0.443 e. The summed E-state index contributed by atoms with van der Waals surface area (Å²) in [4.78, 5) is 31.1. The van der Waals surface area contributed by atoms with Gasteiger partial charge in [-0.05, 0) is 76.6 Å². The molecule has 4 rings (SSSR count). The molecule has 2 aromatic rings. The lowest BCUT2D eigenvalue weighted by Gasteiger charge is -2.29. The summed E-state index contributed by atoms with van der Waals surface area (Å²) >= 11 is 0. The first-order valence-electron chi connectivity index (χ1n) is 10.1. The molecule has 29 heavy (non-hydrogen) atoms. The molecule has 1 saturated heterocycles. The fraction of sp³-hybridized carbons (Fsp3) is 0.435. The van der Waals surface area contributed by atoms with Crippen LogP contribution in [0.3, 0.4) is 0 Å². The number of imide groups is 1. The Kier molecular flexibility index (Phi) is 4.81. The quantitative estimate of drug-likeness (QED) is 0.681. The number of amides is 2. The summed E-state index contributed by atoms with van der Waals surface area (Å²) in [5.41, 5.74) is 5.58. The summed E-state index contributed by atoms with van der Waals surface area (Å²) in [6.07, 6.45) is 6.30. The minimum Gasteiger partial charge on any atom is -0.443 e. The molecular weight excluding hydrogens is 366 g/mol. The number of hydrogen-bond acceptors (Lipinski definition) is 4. The van der Waals surface area contributed by atoms with E-state index in [0.29, 0.717) is 18.5 Å². The zero-order chi connectivity index (χ0) is 20.8. The normalized spacial score (nSPS) is 17.9. The van der Waals surface area contributed by atoms with Gasteiger partial charge in [-0.3, -0.25) is 4.79 Å². The second-order valence-corrected chi connectivity index (χ2v) is 8.79. The monoisotopic (exact) mass is 393 g/mol. The average molecular weight is 393 g/mol. The van der Waals surface area contributed by atoms with Gasteiger partial charge in [-0.15, -0.1) is 0 Å². The first-order chi connectivity index (χ1) is 13.7. The summed E-state index contributed by atoms with van der Waals surface area (Å²) in [7, 11) is 0. The standard InChI is InChI=1S/C23H27N3O3/c1-15-7-8-16-9-10-19-18(24-14-26(19)20(16)12-15)13-17-6-5-11-25(21(17)27)22(28)29-23(2,3)4/h7-8,12-14H,5-6,9-11H2,1-4H3/b17-13+. The maximum atomic E-state index is 12.9. The predicted molar refractivity (Wildman–Crippen MR) is 111 cm³/mol. The number of aryl methyl sites for hydroxylation is 2. The first kappa shape index (κ1) is 19.4. The number of carbonyl (C=O) groups excluding carboxylic acids is 2. The van der Waals surface area contributed by atoms with Gasteiger partial charge in [0, 0.05) is 12.1 Å². The molecule has 6 heteroatoms. The van der Waals surface area contributed by atoms with E-state index in [2.05, 4.69) is 34.7 Å². The third-order valence-electron chi connectivity index (χ3n) is 5.30. The van der Waals surface area contributed by atoms with Crippen LogP contribution in [0.25, 0.3) is 11.8 Å². The Balaban J connectivity index is 1.62. The van der Waals surface area contributed by atoms with Gasteiger partial charge < -0.3 is 9.30 Å². The molecule has 0 bridgehead atoms. The van der Waals surface area contributed by atoms with Gasteiger partial charge in [0.15, 0.2) is 0 Å². The van der Waals surface area contributed by atoms with E-state index < -0.39 is 11.7 Å². The van der Waals surface area contributed by atoms with Crippen molar-refractivity contribution in [3.8, 4) is 5.69 Å². The highest BCUT2D eigenvalue weighted by Crippen LogP contribution is 2.29. The van der Waals surface area contributed by atoms with Crippen molar-refractivity contribution in [2.45, 2.75) is 59.0 Å². The van der Waals surface area contributed by atoms with Gasteiger partial charge in [-0.1, -0.05) is 12.1 Å². The van der Waals surface area contributed by atoms with Crippen LogP contribution in [0.1, 0.15) is 56.1 Å². The van der Waals surface area contributed by atoms with Crippen molar-refractivity contribution in [3.63, 3.8) is 0 Å². The summed E-state index contributed by atoms with van der Waals surface area (Å²) in [6, 6.07) is 6.48. The van der Waals surface area contributed by atoms with Gasteiger partial charge >= 0.3 is 6.09 Å². The zero-order valence-corrected chi connectivity index (χ0v) is 17.5. The summed E-state index contributed by atoms with van der Waals surface area (Å²) in [6.45, 7) is 7.87. The number of hydrogen-bond donors (Lipinski definition) is 0. The summed E-state index contributed by atoms with van der Waals surface area (Å²) in [5, 5.41) is 0. The number of ether oxygens (including phenoxy) is 1. The SMILES string of the molecule is Cc1ccc2c(c1)-n1cnc(/C=C3\CCCN(C(=O)OC(C)(C)C)C3=O)c1CC2. The number of piperidine rings is 1. The van der Waals surface area contributed by atoms with Gasteiger partial charge in [0.05, 0.1) is 17.1 Å². The third kappa shape index (κ3) is 3.84. The molecule has 152 valence electrons. The van der Waals surface area contributed by atoms with E-state index in [-0.39, 0.29) is 5.91 Å². The van der Waals surface area contributed by atoms with Crippen LogP contribution in [0.2, 0.25) is 0 Å². The lowest BCUT2D eigenvalue weighted by Crippen LogP contribution is -2.44. The molecule has 0 unspecified atom stereocenters. The topological polar surface area (TPSA) is 64.4 Å². The minimum absolute atomic E-state index is 0.278. The molecular formula is C23H27N3O3. The van der Waals surface area contributed by atoms with Crippen molar-refractivity contribution in [1.29, 1.82) is 0 Å². The van der Waals surface area contributed by atoms with Crippen molar-refractivity contribution >= 4 is 18.1 Å². The predicted octanol–water partition coefficient (Wildman–Crippen LogP) is 4.22. The van der Waals surface area contributed by atoms with Crippen LogP contribution >= 0.6 is 0 Å². The van der Waals surface area contributed by atoms with Crippen molar-refractivity contribution in [2.75, 3.05) is 6.54 Å². The molecule has 0 N–H and O–H groups in total. The molecule has 0 spiro atoms. The number of rotatable bonds is 1. The van der Waals surface area contributed by atoms with Crippen LogP contribution in [0.15, 0.2) is 30.1 Å². The van der Waals surface area contributed by atoms with Gasteiger partial charge in [0.25, 0.3) is 5.91 Å². The lowest BCUT2D eigenvalue weighted by molar-refractivity contribution is -0.127. The van der Waals surface area contributed by atoms with E-state index in [1.165, 1.54) is 16.0 Å². The zero-order valence-electron chi connectivity index (χ0n) is 17.5. The molecule has 1 aromatic carbocycles. The Hall–Kier alpha value is -2.89. The van der Waals surface area contributed by atoms with Crippen molar-refractivity contribution in [1.82, 2.24) is 14.5 Å². The number of fused-ring (bicyclic) bond motifs is 3. The Morgan fingerprint density at radius 1 is 1.21 bits per heavy atom. The Morgan fingerprint density at radius 2 is 2.00 bits per heavy atom. The Bertz CT molecular complexity index is 1010. The van der Waals surface area contributed by atoms with Gasteiger partial charge in [-0.25, -0.2) is 14.7 Å². The molecule has 3 heterocycles. The summed E-state index contributed by atoms with van der Waals surface area (Å²) < 4.78 is 7.51. The number of benzene rings is 1. The average Bonchev–Trinajstić information content (AvgIpc) is 3.05. The molecule has 0 aliphatic carbocycles. The minimum atomic E-state index is -0.632. The molecule has 0 saturated carbocycles. The molecule has 0 atom stereocenters. The fourth-order valence-corrected chi connectivity index (χ4v) is 3.93. The number of likely N-dealkylation sites (tertiary alicyclic amines) is 1. The highest BCUT2D eigenvalue weighted by Gasteiger charge is 2.32. The third-order valence-corrected chi connectivity index (χ3v) is 5.30. The Labute approximate surface area is 171 Å². The highest BCUT2D eigenvalue weighted by molar-refractivity contribution is 6.05. The maximum Gasteiger partial charge on any atom is 0.417 e. The number of nitrogens with zero attached hydrogens (tertiary/aromatic N) is 3. The van der Waals surface area contributed by atoms with Crippen LogP contribution in [0.5, 0.6) is 0 Å². The van der Waals surface area contributed by atoms with Gasteiger partial charge in [-0.2, -0.15) is 0 Å². The van der Waals surface area contributed by atoms with Gasteiger partial charge in [0.1, 0.15) is 11.9 Å². The van der Waals surface area contributed by atoms with Crippen LogP contribution in [0, 0.1) is 6.92 Å². The first-order valence-corrected chi connectivity index (χ1v) is 10.1.